The van der Waals surface area contributed by atoms with Gasteiger partial charge < -0.3 is 10.2 Å². The van der Waals surface area contributed by atoms with Gasteiger partial charge in [0.05, 0.1) is 0 Å². The van der Waals surface area contributed by atoms with Gasteiger partial charge >= 0.3 is 0 Å². The molecule has 0 aliphatic heterocycles. The molecule has 4 nitrogen and oxygen atoms in total. The molecule has 0 saturated heterocycles. The first-order chi connectivity index (χ1) is 11.2. The molecule has 1 amide bonds. The molecule has 0 atom stereocenters. The molecule has 0 heterocycles. The van der Waals surface area contributed by atoms with E-state index >= 15 is 0 Å². The minimum atomic E-state index is -0.359. The number of nitrogens with one attached hydrogen (secondary N) is 1. The van der Waals surface area contributed by atoms with Crippen LogP contribution in [-0.4, -0.2) is 23.9 Å². The van der Waals surface area contributed by atoms with Gasteiger partial charge in [0.15, 0.2) is 0 Å². The van der Waals surface area contributed by atoms with Crippen LogP contribution in [0, 0.1) is 37.0 Å². The molecule has 4 heteroatoms. The molecule has 0 bridgehead atoms. The van der Waals surface area contributed by atoms with Crippen LogP contribution < -0.4 is 5.32 Å². The first kappa shape index (κ1) is 19.8. The van der Waals surface area contributed by atoms with Crippen molar-refractivity contribution in [1.29, 1.82) is 5.26 Å². The third kappa shape index (κ3) is 6.45. The summed E-state index contributed by atoms with van der Waals surface area (Å²) in [5.41, 5.74) is 3.01. The highest BCUT2D eigenvalue weighted by Gasteiger charge is 2.14. The van der Waals surface area contributed by atoms with Crippen molar-refractivity contribution in [3.05, 3.63) is 41.1 Å². The zero-order chi connectivity index (χ0) is 18.3. The standard InChI is InChI=1S/C20H29N3O/c1-14(2)11-23(12-15(3)4)13-18(10-21)20(24)22-19-8-7-16(5)9-17(19)6/h7-9,13-15H,11-12H2,1-6H3,(H,22,24)/b18-13-. The van der Waals surface area contributed by atoms with E-state index in [2.05, 4.69) is 37.9 Å². The van der Waals surface area contributed by atoms with Gasteiger partial charge in [0.25, 0.3) is 5.91 Å². The molecule has 1 aromatic carbocycles. The van der Waals surface area contributed by atoms with Gasteiger partial charge in [-0.2, -0.15) is 5.26 Å². The molecule has 24 heavy (non-hydrogen) atoms. The number of hydrogen-bond acceptors (Lipinski definition) is 3. The summed E-state index contributed by atoms with van der Waals surface area (Å²) in [6.07, 6.45) is 1.69. The van der Waals surface area contributed by atoms with Crippen molar-refractivity contribution in [2.45, 2.75) is 41.5 Å². The molecule has 0 aromatic heterocycles. The van der Waals surface area contributed by atoms with Crippen LogP contribution >= 0.6 is 0 Å². The Bertz CT molecular complexity index is 629. The average molecular weight is 327 g/mol. The highest BCUT2D eigenvalue weighted by Crippen LogP contribution is 2.17. The van der Waals surface area contributed by atoms with Gasteiger partial charge in [0, 0.05) is 25.0 Å². The van der Waals surface area contributed by atoms with E-state index in [-0.39, 0.29) is 11.5 Å². The van der Waals surface area contributed by atoms with Crippen LogP contribution in [0.3, 0.4) is 0 Å². The highest BCUT2D eigenvalue weighted by molar-refractivity contribution is 6.06. The molecule has 0 saturated carbocycles. The Labute approximate surface area is 146 Å². The summed E-state index contributed by atoms with van der Waals surface area (Å²) in [7, 11) is 0. The van der Waals surface area contributed by atoms with E-state index < -0.39 is 0 Å². The lowest BCUT2D eigenvalue weighted by Gasteiger charge is -2.25. The summed E-state index contributed by atoms with van der Waals surface area (Å²) in [6.45, 7) is 14.1. The predicted molar refractivity (Wildman–Crippen MR) is 99.5 cm³/mol. The maximum Gasteiger partial charge on any atom is 0.267 e. The number of nitrogens with zero attached hydrogens (tertiary/aromatic N) is 2. The van der Waals surface area contributed by atoms with Crippen LogP contribution in [0.15, 0.2) is 30.0 Å². The summed E-state index contributed by atoms with van der Waals surface area (Å²) in [6, 6.07) is 7.87. The van der Waals surface area contributed by atoms with E-state index in [0.717, 1.165) is 29.9 Å². The van der Waals surface area contributed by atoms with Gasteiger partial charge in [-0.1, -0.05) is 45.4 Å². The van der Waals surface area contributed by atoms with Crippen molar-refractivity contribution in [3.8, 4) is 6.07 Å². The van der Waals surface area contributed by atoms with Gasteiger partial charge in [0.2, 0.25) is 0 Å². The molecule has 1 rings (SSSR count). The Balaban J connectivity index is 2.96. The Morgan fingerprint density at radius 1 is 1.21 bits per heavy atom. The van der Waals surface area contributed by atoms with Crippen LogP contribution in [0.2, 0.25) is 0 Å². The number of aryl methyl sites for hydroxylation is 2. The quantitative estimate of drug-likeness (QED) is 0.601. The molecular formula is C20H29N3O. The number of rotatable bonds is 7. The molecule has 1 N–H and O–H groups in total. The Morgan fingerprint density at radius 2 is 1.79 bits per heavy atom. The maximum atomic E-state index is 12.5. The van der Waals surface area contributed by atoms with Crippen molar-refractivity contribution in [2.24, 2.45) is 11.8 Å². The lowest BCUT2D eigenvalue weighted by atomic mass is 10.1. The molecule has 0 radical (unpaired) electrons. The Morgan fingerprint density at radius 3 is 2.25 bits per heavy atom. The molecule has 0 fully saturated rings. The predicted octanol–water partition coefficient (Wildman–Crippen LogP) is 4.26. The second kappa shape index (κ2) is 9.12. The number of nitriles is 1. The van der Waals surface area contributed by atoms with E-state index in [1.165, 1.54) is 0 Å². The average Bonchev–Trinajstić information content (AvgIpc) is 2.46. The fourth-order valence-electron chi connectivity index (χ4n) is 2.58. The number of anilines is 1. The first-order valence-corrected chi connectivity index (χ1v) is 8.47. The second-order valence-electron chi connectivity index (χ2n) is 7.17. The van der Waals surface area contributed by atoms with Crippen LogP contribution in [0.25, 0.3) is 0 Å². The zero-order valence-electron chi connectivity index (χ0n) is 15.7. The Kier molecular flexibility index (Phi) is 7.51. The van der Waals surface area contributed by atoms with Crippen molar-refractivity contribution in [3.63, 3.8) is 0 Å². The summed E-state index contributed by atoms with van der Waals surface area (Å²) in [5, 5.41) is 12.2. The van der Waals surface area contributed by atoms with E-state index in [9.17, 15) is 10.1 Å². The smallest absolute Gasteiger partial charge is 0.267 e. The minimum absolute atomic E-state index is 0.135. The topological polar surface area (TPSA) is 56.1 Å². The van der Waals surface area contributed by atoms with Crippen LogP contribution in [0.1, 0.15) is 38.8 Å². The zero-order valence-corrected chi connectivity index (χ0v) is 15.7. The molecule has 130 valence electrons. The minimum Gasteiger partial charge on any atom is -0.376 e. The second-order valence-corrected chi connectivity index (χ2v) is 7.17. The monoisotopic (exact) mass is 327 g/mol. The van der Waals surface area contributed by atoms with E-state index in [1.807, 2.05) is 38.1 Å². The van der Waals surface area contributed by atoms with E-state index in [0.29, 0.717) is 11.8 Å². The van der Waals surface area contributed by atoms with Gasteiger partial charge in [-0.3, -0.25) is 4.79 Å². The largest absolute Gasteiger partial charge is 0.376 e. The number of amides is 1. The molecule has 0 spiro atoms. The molecule has 0 aliphatic rings. The third-order valence-corrected chi connectivity index (χ3v) is 3.51. The third-order valence-electron chi connectivity index (χ3n) is 3.51. The van der Waals surface area contributed by atoms with Crippen LogP contribution in [0.4, 0.5) is 5.69 Å². The molecular weight excluding hydrogens is 298 g/mol. The van der Waals surface area contributed by atoms with E-state index in [1.54, 1.807) is 6.20 Å². The fraction of sp³-hybridized carbons (Fsp3) is 0.500. The van der Waals surface area contributed by atoms with Crippen molar-refractivity contribution in [2.75, 3.05) is 18.4 Å². The normalized spacial score (nSPS) is 11.5. The van der Waals surface area contributed by atoms with Crippen LogP contribution in [0.5, 0.6) is 0 Å². The summed E-state index contributed by atoms with van der Waals surface area (Å²) in [5.74, 6) is 0.562. The maximum absolute atomic E-state index is 12.5. The van der Waals surface area contributed by atoms with Gasteiger partial charge in [-0.05, 0) is 37.3 Å². The number of hydrogen-bond donors (Lipinski definition) is 1. The number of benzene rings is 1. The number of carbonyl (C=O) groups excluding carboxylic acids is 1. The van der Waals surface area contributed by atoms with E-state index in [4.69, 9.17) is 0 Å². The fourth-order valence-corrected chi connectivity index (χ4v) is 2.58. The summed E-state index contributed by atoms with van der Waals surface area (Å²) >= 11 is 0. The van der Waals surface area contributed by atoms with Crippen molar-refractivity contribution in [1.82, 2.24) is 4.90 Å². The molecule has 1 aromatic rings. The molecule has 0 aliphatic carbocycles. The van der Waals surface area contributed by atoms with Crippen molar-refractivity contribution < 1.29 is 4.79 Å². The van der Waals surface area contributed by atoms with Gasteiger partial charge in [-0.25, -0.2) is 0 Å². The van der Waals surface area contributed by atoms with Crippen molar-refractivity contribution >= 4 is 11.6 Å². The lowest BCUT2D eigenvalue weighted by molar-refractivity contribution is -0.112. The number of carbonyl (C=O) groups is 1. The SMILES string of the molecule is Cc1ccc(NC(=O)/C(C#N)=C\N(CC(C)C)CC(C)C)c(C)c1. The molecule has 0 unspecified atom stereocenters. The summed E-state index contributed by atoms with van der Waals surface area (Å²) in [4.78, 5) is 14.5. The highest BCUT2D eigenvalue weighted by atomic mass is 16.1. The lowest BCUT2D eigenvalue weighted by Crippen LogP contribution is -2.28. The van der Waals surface area contributed by atoms with Gasteiger partial charge in [0.1, 0.15) is 11.6 Å². The summed E-state index contributed by atoms with van der Waals surface area (Å²) < 4.78 is 0. The van der Waals surface area contributed by atoms with Crippen LogP contribution in [-0.2, 0) is 4.79 Å². The Hall–Kier alpha value is -2.28. The van der Waals surface area contributed by atoms with Gasteiger partial charge in [-0.15, -0.1) is 0 Å². The first-order valence-electron chi connectivity index (χ1n) is 8.47.